The quantitative estimate of drug-likeness (QED) is 0.444. The van der Waals surface area contributed by atoms with Crippen LogP contribution >= 0.6 is 11.3 Å². The van der Waals surface area contributed by atoms with Gasteiger partial charge in [0.1, 0.15) is 10.7 Å². The summed E-state index contributed by atoms with van der Waals surface area (Å²) in [6.45, 7) is 7.24. The monoisotopic (exact) mass is 516 g/mol. The first kappa shape index (κ1) is 25.5. The van der Waals surface area contributed by atoms with Crippen molar-refractivity contribution in [3.05, 3.63) is 56.4 Å². The van der Waals surface area contributed by atoms with Crippen LogP contribution in [0.2, 0.25) is 0 Å². The molecule has 1 aliphatic carbocycles. The lowest BCUT2D eigenvalue weighted by molar-refractivity contribution is -0.121. The second-order valence-electron chi connectivity index (χ2n) is 10.3. The van der Waals surface area contributed by atoms with Crippen LogP contribution < -0.4 is 16.0 Å². The summed E-state index contributed by atoms with van der Waals surface area (Å²) in [5, 5.41) is 8.68. The molecule has 4 N–H and O–H groups in total. The van der Waals surface area contributed by atoms with Crippen molar-refractivity contribution in [3.63, 3.8) is 0 Å². The molecule has 2 aromatic heterocycles. The number of H-pyrrole nitrogens is 1. The van der Waals surface area contributed by atoms with Crippen LogP contribution in [0.5, 0.6) is 0 Å². The minimum atomic E-state index is -3.71. The van der Waals surface area contributed by atoms with Gasteiger partial charge in [-0.3, -0.25) is 9.59 Å². The number of nitrogens with one attached hydrogen (secondary N) is 2. The summed E-state index contributed by atoms with van der Waals surface area (Å²) in [5.41, 5.74) is 2.17. The number of aryl methyl sites for hydroxylation is 2. The molecule has 1 atom stereocenters. The number of aromatic nitrogens is 2. The lowest BCUT2D eigenvalue weighted by atomic mass is 9.72. The summed E-state index contributed by atoms with van der Waals surface area (Å²) < 4.78 is 22.6. The molecule has 1 aliphatic rings. The van der Waals surface area contributed by atoms with Crippen LogP contribution in [0.25, 0.3) is 10.2 Å². The van der Waals surface area contributed by atoms with Crippen molar-refractivity contribution in [2.24, 2.45) is 16.5 Å². The number of fused-ring (bicyclic) bond motifs is 3. The molecule has 1 aromatic carbocycles. The van der Waals surface area contributed by atoms with Gasteiger partial charge in [0.25, 0.3) is 5.56 Å². The highest BCUT2D eigenvalue weighted by molar-refractivity contribution is 7.89. The van der Waals surface area contributed by atoms with E-state index in [1.54, 1.807) is 23.5 Å². The van der Waals surface area contributed by atoms with Gasteiger partial charge in [0, 0.05) is 24.3 Å². The highest BCUT2D eigenvalue weighted by atomic mass is 32.2. The number of rotatable bonds is 7. The molecular weight excluding hydrogens is 484 g/mol. The predicted molar refractivity (Wildman–Crippen MR) is 138 cm³/mol. The number of nitrogens with two attached hydrogens (primary N) is 1. The van der Waals surface area contributed by atoms with E-state index in [4.69, 9.17) is 5.14 Å². The molecule has 0 spiro atoms. The number of hydrogen-bond acceptors (Lipinski definition) is 6. The van der Waals surface area contributed by atoms with Crippen LogP contribution in [0.4, 0.5) is 0 Å². The van der Waals surface area contributed by atoms with Crippen LogP contribution in [0.15, 0.2) is 34.0 Å². The third-order valence-electron chi connectivity index (χ3n) is 6.77. The van der Waals surface area contributed by atoms with Gasteiger partial charge in [0.15, 0.2) is 0 Å². The number of primary sulfonamides is 1. The molecule has 0 fully saturated rings. The van der Waals surface area contributed by atoms with Crippen molar-refractivity contribution in [2.45, 2.75) is 64.2 Å². The molecule has 0 saturated heterocycles. The molecule has 188 valence electrons. The average molecular weight is 517 g/mol. The van der Waals surface area contributed by atoms with E-state index in [1.165, 1.54) is 17.0 Å². The molecule has 1 amide bonds. The number of carbonyl (C=O) groups excluding carboxylic acids is 1. The maximum absolute atomic E-state index is 12.8. The van der Waals surface area contributed by atoms with Gasteiger partial charge < -0.3 is 10.3 Å². The molecular formula is C25H32N4O4S2. The number of aromatic amines is 1. The zero-order valence-electron chi connectivity index (χ0n) is 20.3. The summed E-state index contributed by atoms with van der Waals surface area (Å²) >= 11 is 1.62. The fourth-order valence-electron chi connectivity index (χ4n) is 4.60. The number of hydrogen-bond donors (Lipinski definition) is 3. The smallest absolute Gasteiger partial charge is 0.259 e. The van der Waals surface area contributed by atoms with Crippen molar-refractivity contribution < 1.29 is 13.2 Å². The van der Waals surface area contributed by atoms with Gasteiger partial charge in [-0.25, -0.2) is 18.5 Å². The first-order valence-corrected chi connectivity index (χ1v) is 14.2. The van der Waals surface area contributed by atoms with Crippen LogP contribution in [-0.2, 0) is 40.5 Å². The molecule has 0 aliphatic heterocycles. The first-order valence-electron chi connectivity index (χ1n) is 11.8. The number of carbonyl (C=O) groups is 1. The summed E-state index contributed by atoms with van der Waals surface area (Å²) in [7, 11) is -3.71. The van der Waals surface area contributed by atoms with E-state index in [1.807, 2.05) is 0 Å². The zero-order valence-corrected chi connectivity index (χ0v) is 21.9. The van der Waals surface area contributed by atoms with E-state index in [9.17, 15) is 18.0 Å². The van der Waals surface area contributed by atoms with Crippen molar-refractivity contribution in [2.75, 3.05) is 6.54 Å². The van der Waals surface area contributed by atoms with Crippen molar-refractivity contribution in [1.82, 2.24) is 15.3 Å². The number of thiophene rings is 1. The number of sulfonamides is 1. The maximum atomic E-state index is 12.8. The third kappa shape index (κ3) is 5.99. The van der Waals surface area contributed by atoms with E-state index in [0.717, 1.165) is 40.6 Å². The van der Waals surface area contributed by atoms with Crippen LogP contribution in [0.1, 0.15) is 55.4 Å². The van der Waals surface area contributed by atoms with E-state index in [-0.39, 0.29) is 28.2 Å². The van der Waals surface area contributed by atoms with Gasteiger partial charge in [-0.05, 0) is 60.3 Å². The number of nitrogens with zero attached hydrogens (tertiary/aromatic N) is 1. The fourth-order valence-corrected chi connectivity index (χ4v) is 6.43. The minimum Gasteiger partial charge on any atom is -0.356 e. The van der Waals surface area contributed by atoms with Crippen molar-refractivity contribution in [3.8, 4) is 0 Å². The molecule has 10 heteroatoms. The molecule has 2 heterocycles. The second kappa shape index (κ2) is 9.83. The van der Waals surface area contributed by atoms with Gasteiger partial charge in [-0.1, -0.05) is 32.9 Å². The van der Waals surface area contributed by atoms with Crippen LogP contribution in [0, 0.1) is 11.3 Å². The highest BCUT2D eigenvalue weighted by Gasteiger charge is 2.31. The Morgan fingerprint density at radius 3 is 2.60 bits per heavy atom. The predicted octanol–water partition coefficient (Wildman–Crippen LogP) is 3.07. The zero-order chi connectivity index (χ0) is 25.4. The van der Waals surface area contributed by atoms with Crippen LogP contribution in [0.3, 0.4) is 0 Å². The fraction of sp³-hybridized carbons (Fsp3) is 0.480. The van der Waals surface area contributed by atoms with E-state index < -0.39 is 10.0 Å². The lowest BCUT2D eigenvalue weighted by Crippen LogP contribution is -2.27. The SMILES string of the molecule is CC(C)(C)C1CCc2c(sc3nc(CCC(=O)NCCc4ccc(S(N)(=O)=O)cc4)[nH]c(=O)c23)C1. The van der Waals surface area contributed by atoms with Gasteiger partial charge in [0.2, 0.25) is 15.9 Å². The molecule has 35 heavy (non-hydrogen) atoms. The number of benzene rings is 1. The van der Waals surface area contributed by atoms with E-state index >= 15 is 0 Å². The van der Waals surface area contributed by atoms with Gasteiger partial charge in [0.05, 0.1) is 10.3 Å². The normalized spacial score (nSPS) is 16.3. The molecule has 4 rings (SSSR count). The van der Waals surface area contributed by atoms with Gasteiger partial charge in [-0.2, -0.15) is 0 Å². The molecule has 1 unspecified atom stereocenters. The molecule has 3 aromatic rings. The van der Waals surface area contributed by atoms with Gasteiger partial charge >= 0.3 is 0 Å². The Morgan fingerprint density at radius 1 is 1.23 bits per heavy atom. The Morgan fingerprint density at radius 2 is 1.94 bits per heavy atom. The van der Waals surface area contributed by atoms with Crippen molar-refractivity contribution in [1.29, 1.82) is 0 Å². The standard InChI is InChI=1S/C25H32N4O4S2/c1-25(2,3)16-6-9-18-19(14-16)34-24-22(18)23(31)28-20(29-24)10-11-21(30)27-13-12-15-4-7-17(8-5-15)35(26,32)33/h4-5,7-8,16H,6,9-14H2,1-3H3,(H,27,30)(H2,26,32,33)(H,28,29,31). The summed E-state index contributed by atoms with van der Waals surface area (Å²) in [6.07, 6.45) is 4.12. The molecule has 0 radical (unpaired) electrons. The minimum absolute atomic E-state index is 0.0596. The molecule has 8 nitrogen and oxygen atoms in total. The second-order valence-corrected chi connectivity index (χ2v) is 12.9. The Labute approximate surface area is 209 Å². The topological polar surface area (TPSA) is 135 Å². The van der Waals surface area contributed by atoms with E-state index in [2.05, 4.69) is 36.1 Å². The summed E-state index contributed by atoms with van der Waals surface area (Å²) in [4.78, 5) is 34.8. The maximum Gasteiger partial charge on any atom is 0.259 e. The Hall–Kier alpha value is -2.56. The van der Waals surface area contributed by atoms with Crippen molar-refractivity contribution >= 4 is 37.5 Å². The average Bonchev–Trinajstić information content (AvgIpc) is 3.15. The lowest BCUT2D eigenvalue weighted by Gasteiger charge is -2.33. The highest BCUT2D eigenvalue weighted by Crippen LogP contribution is 2.41. The Balaban J connectivity index is 1.33. The Bertz CT molecular complexity index is 1400. The molecule has 0 saturated carbocycles. The Kier molecular flexibility index (Phi) is 7.17. The first-order chi connectivity index (χ1) is 16.4. The third-order valence-corrected chi connectivity index (χ3v) is 8.85. The molecule has 0 bridgehead atoms. The van der Waals surface area contributed by atoms with Gasteiger partial charge in [-0.15, -0.1) is 11.3 Å². The number of amides is 1. The van der Waals surface area contributed by atoms with E-state index in [0.29, 0.717) is 31.1 Å². The largest absolute Gasteiger partial charge is 0.356 e. The van der Waals surface area contributed by atoms with Crippen LogP contribution in [-0.4, -0.2) is 30.8 Å². The summed E-state index contributed by atoms with van der Waals surface area (Å²) in [5.74, 6) is 0.992. The summed E-state index contributed by atoms with van der Waals surface area (Å²) in [6, 6.07) is 6.27.